The number of rotatable bonds is 14. The van der Waals surface area contributed by atoms with Gasteiger partial charge in [-0.25, -0.2) is 0 Å². The van der Waals surface area contributed by atoms with Crippen LogP contribution in [0, 0.1) is 0 Å². The Labute approximate surface area is 255 Å². The summed E-state index contributed by atoms with van der Waals surface area (Å²) >= 11 is 0. The second-order valence-electron chi connectivity index (χ2n) is 12.1. The van der Waals surface area contributed by atoms with Gasteiger partial charge in [-0.2, -0.15) is 0 Å². The molecule has 1 heterocycles. The molecule has 1 fully saturated rings. The number of hydrogen-bond acceptors (Lipinski definition) is 3. The molecule has 1 N–H and O–H groups in total. The molecule has 0 bridgehead atoms. The lowest BCUT2D eigenvalue weighted by Gasteiger charge is -2.23. The van der Waals surface area contributed by atoms with Crippen molar-refractivity contribution in [1.29, 1.82) is 0 Å². The van der Waals surface area contributed by atoms with Crippen LogP contribution in [-0.4, -0.2) is 21.4 Å². The van der Waals surface area contributed by atoms with Gasteiger partial charge in [0.15, 0.2) is 5.78 Å². The molecule has 1 aliphatic rings. The van der Waals surface area contributed by atoms with E-state index in [1.807, 2.05) is 54.7 Å². The van der Waals surface area contributed by atoms with E-state index in [9.17, 15) is 14.7 Å². The fourth-order valence-corrected chi connectivity index (χ4v) is 6.62. The maximum absolute atomic E-state index is 13.8. The third kappa shape index (κ3) is 7.38. The maximum Gasteiger partial charge on any atom is 0.303 e. The van der Waals surface area contributed by atoms with Crippen molar-refractivity contribution >= 4 is 22.7 Å². The standard InChI is InChI=1S/C38H45NO4/c1-3-5-15-36(29-18-16-28(17-19-29)27-11-7-6-8-12-27)43-32-23-20-30(21-24-32)38(42)34-26-39(31(4-2)22-25-37(40)41)35-14-10-9-13-33(34)35/h9-10,13-14,16-21,23-24,26-27,31,36H,3-8,11-12,15,22,25H2,1-2H3,(H,40,41). The second kappa shape index (κ2) is 14.5. The zero-order valence-corrected chi connectivity index (χ0v) is 25.6. The van der Waals surface area contributed by atoms with E-state index in [-0.39, 0.29) is 24.3 Å². The van der Waals surface area contributed by atoms with Crippen LogP contribution in [0.3, 0.4) is 0 Å². The Morgan fingerprint density at radius 1 is 0.907 bits per heavy atom. The number of hydrogen-bond donors (Lipinski definition) is 1. The van der Waals surface area contributed by atoms with E-state index in [2.05, 4.69) is 42.7 Å². The zero-order chi connectivity index (χ0) is 30.2. The van der Waals surface area contributed by atoms with Gasteiger partial charge in [0.05, 0.1) is 0 Å². The number of carbonyl (C=O) groups is 2. The number of aromatic nitrogens is 1. The number of ether oxygens (including phenoxy) is 1. The highest BCUT2D eigenvalue weighted by atomic mass is 16.5. The minimum atomic E-state index is -0.804. The minimum Gasteiger partial charge on any atom is -0.486 e. The molecule has 0 spiro atoms. The van der Waals surface area contributed by atoms with Gasteiger partial charge in [-0.05, 0) is 85.9 Å². The number of para-hydroxylation sites is 1. The summed E-state index contributed by atoms with van der Waals surface area (Å²) < 4.78 is 8.62. The largest absolute Gasteiger partial charge is 0.486 e. The Balaban J connectivity index is 1.33. The van der Waals surface area contributed by atoms with Gasteiger partial charge in [-0.1, -0.05) is 82.0 Å². The molecular formula is C38H45NO4. The SMILES string of the molecule is CCCCC(Oc1ccc(C(=O)c2cn(C(CC)CCC(=O)O)c3ccccc23)cc1)c1ccc(C2CCCCC2)cc1. The summed E-state index contributed by atoms with van der Waals surface area (Å²) in [5.41, 5.74) is 4.85. The number of fused-ring (bicyclic) bond motifs is 1. The number of aliphatic carboxylic acids is 1. The maximum atomic E-state index is 13.8. The van der Waals surface area contributed by atoms with Crippen LogP contribution in [0.1, 0.15) is 130 Å². The Morgan fingerprint density at radius 3 is 2.30 bits per heavy atom. The number of carboxylic acids is 1. The van der Waals surface area contributed by atoms with Crippen molar-refractivity contribution in [1.82, 2.24) is 4.57 Å². The van der Waals surface area contributed by atoms with Crippen LogP contribution >= 0.6 is 0 Å². The monoisotopic (exact) mass is 579 g/mol. The smallest absolute Gasteiger partial charge is 0.303 e. The highest BCUT2D eigenvalue weighted by Crippen LogP contribution is 2.35. The molecule has 2 unspecified atom stereocenters. The average molecular weight is 580 g/mol. The van der Waals surface area contributed by atoms with Gasteiger partial charge >= 0.3 is 5.97 Å². The number of carbonyl (C=O) groups excluding carboxylic acids is 1. The predicted molar refractivity (Wildman–Crippen MR) is 173 cm³/mol. The summed E-state index contributed by atoms with van der Waals surface area (Å²) in [5.74, 6) is 0.600. The van der Waals surface area contributed by atoms with Crippen LogP contribution in [0.5, 0.6) is 5.75 Å². The molecule has 5 heteroatoms. The summed E-state index contributed by atoms with van der Waals surface area (Å²) in [7, 11) is 0. The first-order valence-corrected chi connectivity index (χ1v) is 16.2. The molecule has 43 heavy (non-hydrogen) atoms. The van der Waals surface area contributed by atoms with E-state index in [4.69, 9.17) is 4.74 Å². The number of ketones is 1. The number of unbranched alkanes of at least 4 members (excludes halogenated alkanes) is 1. The Kier molecular flexibility index (Phi) is 10.3. The first-order valence-electron chi connectivity index (χ1n) is 16.2. The summed E-state index contributed by atoms with van der Waals surface area (Å²) in [4.78, 5) is 25.0. The summed E-state index contributed by atoms with van der Waals surface area (Å²) in [6.07, 6.45) is 13.0. The van der Waals surface area contributed by atoms with Crippen molar-refractivity contribution in [2.75, 3.05) is 0 Å². The highest BCUT2D eigenvalue weighted by molar-refractivity contribution is 6.16. The lowest BCUT2D eigenvalue weighted by molar-refractivity contribution is -0.137. The lowest BCUT2D eigenvalue weighted by atomic mass is 9.83. The van der Waals surface area contributed by atoms with Crippen molar-refractivity contribution in [2.45, 2.75) is 103 Å². The first kappa shape index (κ1) is 30.6. The Morgan fingerprint density at radius 2 is 1.63 bits per heavy atom. The van der Waals surface area contributed by atoms with E-state index < -0.39 is 5.97 Å². The fourth-order valence-electron chi connectivity index (χ4n) is 6.62. The van der Waals surface area contributed by atoms with Crippen LogP contribution < -0.4 is 4.74 Å². The molecule has 5 rings (SSSR count). The van der Waals surface area contributed by atoms with Gasteiger partial charge in [0, 0.05) is 40.7 Å². The normalized spacial score (nSPS) is 15.3. The van der Waals surface area contributed by atoms with E-state index in [1.54, 1.807) is 0 Å². The van der Waals surface area contributed by atoms with Gasteiger partial charge in [0.25, 0.3) is 0 Å². The van der Waals surface area contributed by atoms with E-state index >= 15 is 0 Å². The predicted octanol–water partition coefficient (Wildman–Crippen LogP) is 10.0. The van der Waals surface area contributed by atoms with Crippen LogP contribution in [0.4, 0.5) is 0 Å². The highest BCUT2D eigenvalue weighted by Gasteiger charge is 2.22. The second-order valence-corrected chi connectivity index (χ2v) is 12.1. The average Bonchev–Trinajstić information content (AvgIpc) is 3.43. The van der Waals surface area contributed by atoms with Crippen molar-refractivity contribution < 1.29 is 19.4 Å². The number of carboxylic acid groups (broad SMARTS) is 1. The molecule has 0 radical (unpaired) electrons. The molecule has 0 aliphatic heterocycles. The summed E-state index contributed by atoms with van der Waals surface area (Å²) in [6.45, 7) is 4.26. The van der Waals surface area contributed by atoms with E-state index in [0.29, 0.717) is 23.5 Å². The molecule has 3 aromatic carbocycles. The van der Waals surface area contributed by atoms with Crippen LogP contribution in [-0.2, 0) is 4.79 Å². The quantitative estimate of drug-likeness (QED) is 0.151. The van der Waals surface area contributed by atoms with Crippen LogP contribution in [0.2, 0.25) is 0 Å². The molecule has 226 valence electrons. The topological polar surface area (TPSA) is 68.5 Å². The minimum absolute atomic E-state index is 0.00936. The van der Waals surface area contributed by atoms with Crippen molar-refractivity contribution in [3.63, 3.8) is 0 Å². The van der Waals surface area contributed by atoms with Crippen molar-refractivity contribution in [3.05, 3.63) is 101 Å². The van der Waals surface area contributed by atoms with Crippen LogP contribution in [0.15, 0.2) is 79.0 Å². The number of benzene rings is 3. The third-order valence-corrected chi connectivity index (χ3v) is 9.14. The van der Waals surface area contributed by atoms with Crippen LogP contribution in [0.25, 0.3) is 10.9 Å². The van der Waals surface area contributed by atoms with Gasteiger partial charge in [-0.3, -0.25) is 9.59 Å². The summed E-state index contributed by atoms with van der Waals surface area (Å²) in [5, 5.41) is 10.1. The van der Waals surface area contributed by atoms with Gasteiger partial charge in [-0.15, -0.1) is 0 Å². The van der Waals surface area contributed by atoms with Gasteiger partial charge in [0.2, 0.25) is 0 Å². The zero-order valence-electron chi connectivity index (χ0n) is 25.6. The molecule has 1 aromatic heterocycles. The molecule has 0 amide bonds. The lowest BCUT2D eigenvalue weighted by Crippen LogP contribution is -2.10. The van der Waals surface area contributed by atoms with Gasteiger partial charge in [0.1, 0.15) is 11.9 Å². The first-order chi connectivity index (χ1) is 21.0. The molecule has 1 saturated carbocycles. The molecule has 4 aromatic rings. The van der Waals surface area contributed by atoms with Gasteiger partial charge < -0.3 is 14.4 Å². The molecular weight excluding hydrogens is 534 g/mol. The third-order valence-electron chi connectivity index (χ3n) is 9.14. The fraction of sp³-hybridized carbons (Fsp3) is 0.421. The molecule has 5 nitrogen and oxygen atoms in total. The van der Waals surface area contributed by atoms with Crippen molar-refractivity contribution in [2.24, 2.45) is 0 Å². The Bertz CT molecular complexity index is 1500. The molecule has 0 saturated heterocycles. The van der Waals surface area contributed by atoms with E-state index in [0.717, 1.165) is 42.3 Å². The Hall–Kier alpha value is -3.86. The van der Waals surface area contributed by atoms with E-state index in [1.165, 1.54) is 43.2 Å². The number of nitrogens with zero attached hydrogens (tertiary/aromatic N) is 1. The van der Waals surface area contributed by atoms with Crippen molar-refractivity contribution in [3.8, 4) is 5.75 Å². The summed E-state index contributed by atoms with van der Waals surface area (Å²) in [6, 6.07) is 24.5. The molecule has 1 aliphatic carbocycles. The molecule has 2 atom stereocenters.